The number of hydrogen-bond donors (Lipinski definition) is 14. The van der Waals surface area contributed by atoms with Crippen molar-refractivity contribution in [1.82, 2.24) is 52.2 Å². The van der Waals surface area contributed by atoms with E-state index >= 15 is 4.79 Å². The summed E-state index contributed by atoms with van der Waals surface area (Å²) in [5.41, 5.74) is 26.4. The van der Waals surface area contributed by atoms with E-state index in [0.717, 1.165) is 48.8 Å². The van der Waals surface area contributed by atoms with Crippen LogP contribution in [0.25, 0.3) is 21.7 Å². The first-order valence-corrected chi connectivity index (χ1v) is 28.6. The largest absolute Gasteiger partial charge is 0.391 e. The van der Waals surface area contributed by atoms with Crippen LogP contribution >= 0.6 is 21.6 Å². The van der Waals surface area contributed by atoms with Crippen molar-refractivity contribution >= 4 is 96.5 Å². The molecule has 9 atom stereocenters. The van der Waals surface area contributed by atoms with E-state index < -0.39 is 102 Å². The molecule has 26 heteroatoms. The summed E-state index contributed by atoms with van der Waals surface area (Å²) in [4.78, 5) is 129. The quantitative estimate of drug-likeness (QED) is 0.0220. The van der Waals surface area contributed by atoms with Gasteiger partial charge in [-0.2, -0.15) is 0 Å². The molecule has 8 amide bonds. The van der Waals surface area contributed by atoms with Crippen molar-refractivity contribution in [3.05, 3.63) is 138 Å². The Morgan fingerprint density at radius 3 is 2.00 bits per heavy atom. The van der Waals surface area contributed by atoms with Gasteiger partial charge in [0.15, 0.2) is 5.96 Å². The number of primary amides is 1. The third-order valence-corrected chi connectivity index (χ3v) is 15.8. The second-order valence-electron chi connectivity index (χ2n) is 19.5. The third-order valence-electron chi connectivity index (χ3n) is 13.4. The predicted octanol–water partition coefficient (Wildman–Crippen LogP) is -0.650. The number of guanidine groups is 1. The average molecular weight is 1150 g/mol. The lowest BCUT2D eigenvalue weighted by Crippen LogP contribution is -2.61. The molecule has 1 fully saturated rings. The van der Waals surface area contributed by atoms with Gasteiger partial charge in [-0.15, -0.1) is 0 Å². The van der Waals surface area contributed by atoms with Crippen molar-refractivity contribution in [1.29, 1.82) is 0 Å². The Bertz CT molecular complexity index is 3190. The van der Waals surface area contributed by atoms with Crippen molar-refractivity contribution in [3.63, 3.8) is 0 Å². The molecule has 1 saturated heterocycles. The molecule has 3 heterocycles. The van der Waals surface area contributed by atoms with Gasteiger partial charge in [0.05, 0.1) is 18.5 Å². The number of H-pyrrole nitrogens is 2. The first kappa shape index (κ1) is 60.2. The molecule has 7 rings (SSSR count). The van der Waals surface area contributed by atoms with E-state index in [1.165, 1.54) is 19.4 Å². The second-order valence-corrected chi connectivity index (χ2v) is 22.0. The van der Waals surface area contributed by atoms with Crippen LogP contribution in [0.5, 0.6) is 0 Å². The number of amides is 8. The summed E-state index contributed by atoms with van der Waals surface area (Å²) in [5.74, 6) is -7.53. The SMILES string of the molecule is C[C@@H](O)[C@H](NC(=O)[C@H]1CSSC[C@H](NC(=O)[C@H](N)Cc2ccccc2)C(=O)N[C@@H](Cc2cnc[nH]2)C(=O)N[C@H](Cc2cccc3ccccc23)C(=O)N[C@@H](CCCN=C(N)N)C(=O)N[C@@H](Cc2c[nH]c3ccccc23)C(=O)N1)C(N)=O. The molecule has 1 aliphatic rings. The van der Waals surface area contributed by atoms with Crippen molar-refractivity contribution in [2.24, 2.45) is 27.9 Å². The zero-order chi connectivity index (χ0) is 58.0. The predicted molar refractivity (Wildman–Crippen MR) is 309 cm³/mol. The second kappa shape index (κ2) is 29.1. The maximum Gasteiger partial charge on any atom is 0.244 e. The van der Waals surface area contributed by atoms with Crippen LogP contribution in [-0.2, 0) is 64.0 Å². The number of aliphatic hydroxyl groups is 1. The number of nitrogens with two attached hydrogens (primary N) is 4. The maximum atomic E-state index is 15.1. The van der Waals surface area contributed by atoms with Crippen LogP contribution in [0.15, 0.2) is 121 Å². The number of carbonyl (C=O) groups is 8. The summed E-state index contributed by atoms with van der Waals surface area (Å²) in [7, 11) is 2.01. The molecular formula is C55H67N15O9S2. The Hall–Kier alpha value is -8.46. The number of imidazole rings is 1. The number of para-hydroxylation sites is 1. The van der Waals surface area contributed by atoms with Crippen LogP contribution in [0.2, 0.25) is 0 Å². The molecule has 0 aliphatic carbocycles. The Labute approximate surface area is 474 Å². The molecule has 24 nitrogen and oxygen atoms in total. The van der Waals surface area contributed by atoms with Crippen LogP contribution < -0.4 is 60.2 Å². The monoisotopic (exact) mass is 1150 g/mol. The van der Waals surface area contributed by atoms with Crippen molar-refractivity contribution in [3.8, 4) is 0 Å². The molecule has 0 spiro atoms. The fraction of sp³-hybridized carbons (Fsp3) is 0.345. The lowest BCUT2D eigenvalue weighted by Gasteiger charge is -2.29. The molecule has 1 aliphatic heterocycles. The molecule has 2 aromatic heterocycles. The van der Waals surface area contributed by atoms with Crippen LogP contribution in [0.4, 0.5) is 0 Å². The summed E-state index contributed by atoms with van der Waals surface area (Å²) < 4.78 is 0. The number of fused-ring (bicyclic) bond motifs is 2. The number of nitrogens with one attached hydrogen (secondary N) is 9. The Balaban J connectivity index is 1.31. The van der Waals surface area contributed by atoms with E-state index in [2.05, 4.69) is 57.2 Å². The number of benzene rings is 4. The molecule has 4 aromatic carbocycles. The summed E-state index contributed by atoms with van der Waals surface area (Å²) in [5, 5.41) is 31.9. The van der Waals surface area contributed by atoms with Crippen molar-refractivity contribution < 1.29 is 43.5 Å². The van der Waals surface area contributed by atoms with Gasteiger partial charge in [0, 0.05) is 66.3 Å². The third kappa shape index (κ3) is 17.3. The van der Waals surface area contributed by atoms with Gasteiger partial charge in [0.1, 0.15) is 42.3 Å². The molecule has 6 aromatic rings. The van der Waals surface area contributed by atoms with E-state index in [1.54, 1.807) is 48.7 Å². The van der Waals surface area contributed by atoms with E-state index in [-0.39, 0.29) is 62.5 Å². The number of aliphatic hydroxyl groups excluding tert-OH is 1. The van der Waals surface area contributed by atoms with Crippen LogP contribution in [0.3, 0.4) is 0 Å². The number of hydrogen-bond acceptors (Lipinski definition) is 14. The Morgan fingerprint density at radius 2 is 1.31 bits per heavy atom. The average Bonchev–Trinajstić information content (AvgIpc) is 4.13. The standard InChI is InChI=1S/C55H67N15O9S2/c1-30(71)46(47(57)72)70-54(79)45-28-81-80-27-44(68-48(73)38(56)21-31-11-3-2-4-12-31)53(78)67-43(24-35-26-60-29-63-35)52(77)66-41(22-33-15-9-14-32-13-5-6-16-36(32)33)50(75)64-40(19-10-20-61-55(58)59)49(74)65-42(51(76)69-45)23-34-25-62-39-18-8-7-17-37(34)39/h2-9,11-18,25-26,29-30,38,40-46,62,71H,10,19-24,27-28,56H2,1H3,(H2,57,72)(H,60,63)(H,64,75)(H,65,74)(H,66,77)(H,67,78)(H,68,73)(H,69,76)(H,70,79)(H4,58,59,61)/t30-,38-,40+,41-,42+,43+,44+,45-,46+/m1/s1. The van der Waals surface area contributed by atoms with Crippen LogP contribution in [-0.4, -0.2) is 146 Å². The molecule has 81 heavy (non-hydrogen) atoms. The number of carbonyl (C=O) groups excluding carboxylic acids is 8. The topological polar surface area (TPSA) is 402 Å². The summed E-state index contributed by atoms with van der Waals surface area (Å²) in [6.07, 6.45) is 2.81. The van der Waals surface area contributed by atoms with E-state index in [1.807, 2.05) is 54.6 Å². The van der Waals surface area contributed by atoms with Gasteiger partial charge in [-0.3, -0.25) is 43.3 Å². The number of rotatable bonds is 18. The van der Waals surface area contributed by atoms with Gasteiger partial charge < -0.3 is 75.2 Å². The van der Waals surface area contributed by atoms with E-state index in [0.29, 0.717) is 16.8 Å². The molecular weight excluding hydrogens is 1080 g/mol. The first-order chi connectivity index (χ1) is 38.9. The molecule has 0 bridgehead atoms. The van der Waals surface area contributed by atoms with Crippen LogP contribution in [0, 0.1) is 0 Å². The highest BCUT2D eigenvalue weighted by Gasteiger charge is 2.36. The number of nitrogens with zero attached hydrogens (tertiary/aromatic N) is 2. The molecule has 428 valence electrons. The number of aromatic nitrogens is 3. The number of aliphatic imine (C=N–C) groups is 1. The van der Waals surface area contributed by atoms with Gasteiger partial charge in [0.25, 0.3) is 0 Å². The fourth-order valence-electron chi connectivity index (χ4n) is 9.11. The smallest absolute Gasteiger partial charge is 0.244 e. The highest BCUT2D eigenvalue weighted by Crippen LogP contribution is 2.25. The first-order valence-electron chi connectivity index (χ1n) is 26.1. The molecule has 0 saturated carbocycles. The van der Waals surface area contributed by atoms with Crippen molar-refractivity contribution in [2.45, 2.75) is 99.9 Å². The molecule has 0 unspecified atom stereocenters. The minimum absolute atomic E-state index is 0.0397. The van der Waals surface area contributed by atoms with Gasteiger partial charge >= 0.3 is 0 Å². The lowest BCUT2D eigenvalue weighted by atomic mass is 9.97. The Kier molecular flexibility index (Phi) is 21.6. The van der Waals surface area contributed by atoms with Gasteiger partial charge in [-0.25, -0.2) is 4.98 Å². The van der Waals surface area contributed by atoms with Gasteiger partial charge in [-0.05, 0) is 59.7 Å². The minimum atomic E-state index is -1.59. The normalized spacial score (nSPS) is 21.0. The molecule has 18 N–H and O–H groups in total. The zero-order valence-corrected chi connectivity index (χ0v) is 45.9. The zero-order valence-electron chi connectivity index (χ0n) is 44.3. The van der Waals surface area contributed by atoms with Crippen molar-refractivity contribution in [2.75, 3.05) is 18.1 Å². The highest BCUT2D eigenvalue weighted by atomic mass is 33.1. The molecule has 0 radical (unpaired) electrons. The van der Waals surface area contributed by atoms with E-state index in [9.17, 15) is 38.7 Å². The van der Waals surface area contributed by atoms with Gasteiger partial charge in [0.2, 0.25) is 47.3 Å². The Morgan fingerprint density at radius 1 is 0.704 bits per heavy atom. The summed E-state index contributed by atoms with van der Waals surface area (Å²) in [6.45, 7) is 1.28. The minimum Gasteiger partial charge on any atom is -0.391 e. The van der Waals surface area contributed by atoms with E-state index in [4.69, 9.17) is 22.9 Å². The number of aromatic amines is 2. The maximum absolute atomic E-state index is 15.1. The summed E-state index contributed by atoms with van der Waals surface area (Å²) in [6, 6.07) is 17.9. The fourth-order valence-corrected chi connectivity index (χ4v) is 11.4. The van der Waals surface area contributed by atoms with Gasteiger partial charge in [-0.1, -0.05) is 113 Å². The lowest BCUT2D eigenvalue weighted by molar-refractivity contribution is -0.135. The highest BCUT2D eigenvalue weighted by molar-refractivity contribution is 8.76. The van der Waals surface area contributed by atoms with Crippen LogP contribution in [0.1, 0.15) is 42.1 Å². The summed E-state index contributed by atoms with van der Waals surface area (Å²) >= 11 is 0.